The molecule has 5 nitrogen and oxygen atoms in total. The first-order valence-corrected chi connectivity index (χ1v) is 7.65. The van der Waals surface area contributed by atoms with Crippen LogP contribution < -0.4 is 5.73 Å². The summed E-state index contributed by atoms with van der Waals surface area (Å²) in [5, 5.41) is 6.94. The van der Waals surface area contributed by atoms with Gasteiger partial charge in [-0.25, -0.2) is 4.98 Å². The van der Waals surface area contributed by atoms with Gasteiger partial charge in [0.05, 0.1) is 5.01 Å². The van der Waals surface area contributed by atoms with Crippen molar-refractivity contribution in [3.05, 3.63) is 51.6 Å². The molecule has 2 aromatic heterocycles. The largest absolute Gasteiger partial charge is 0.332 e. The van der Waals surface area contributed by atoms with Crippen LogP contribution in [0, 0.1) is 6.92 Å². The Kier molecular flexibility index (Phi) is 4.08. The monoisotopic (exact) mass is 300 g/mol. The van der Waals surface area contributed by atoms with Crippen molar-refractivity contribution in [2.45, 2.75) is 19.8 Å². The molecule has 0 spiro atoms. The van der Waals surface area contributed by atoms with Crippen molar-refractivity contribution < 1.29 is 4.52 Å². The van der Waals surface area contributed by atoms with Crippen LogP contribution in [-0.4, -0.2) is 21.7 Å². The molecule has 0 aliphatic carbocycles. The summed E-state index contributed by atoms with van der Waals surface area (Å²) in [6.45, 7) is 2.66. The summed E-state index contributed by atoms with van der Waals surface area (Å²) in [5.41, 5.74) is 8.65. The second-order valence-electron chi connectivity index (χ2n) is 4.84. The van der Waals surface area contributed by atoms with E-state index in [1.807, 2.05) is 5.38 Å². The molecule has 0 amide bonds. The van der Waals surface area contributed by atoms with Crippen molar-refractivity contribution in [3.63, 3.8) is 0 Å². The molecule has 0 atom stereocenters. The third kappa shape index (κ3) is 3.34. The standard InChI is InChI=1S/C15H16N4OS/c1-10-2-4-11(5-3-10)8-13-18-15(20-19-13)12-9-21-14(17-12)6-7-16/h2-5,9H,6-8,16H2,1H3. The van der Waals surface area contributed by atoms with Crippen LogP contribution in [0.1, 0.15) is 22.0 Å². The fraction of sp³-hybridized carbons (Fsp3) is 0.267. The predicted molar refractivity (Wildman–Crippen MR) is 82.1 cm³/mol. The average molecular weight is 300 g/mol. The minimum atomic E-state index is 0.469. The van der Waals surface area contributed by atoms with E-state index >= 15 is 0 Å². The Hall–Kier alpha value is -2.05. The van der Waals surface area contributed by atoms with Gasteiger partial charge in [0.25, 0.3) is 5.89 Å². The second kappa shape index (κ2) is 6.15. The third-order valence-electron chi connectivity index (χ3n) is 3.08. The van der Waals surface area contributed by atoms with Gasteiger partial charge in [-0.3, -0.25) is 0 Å². The van der Waals surface area contributed by atoms with E-state index in [-0.39, 0.29) is 0 Å². The highest BCUT2D eigenvalue weighted by molar-refractivity contribution is 7.09. The van der Waals surface area contributed by atoms with Crippen molar-refractivity contribution in [3.8, 4) is 11.6 Å². The lowest BCUT2D eigenvalue weighted by atomic mass is 10.1. The Balaban J connectivity index is 1.74. The molecule has 21 heavy (non-hydrogen) atoms. The third-order valence-corrected chi connectivity index (χ3v) is 3.99. The van der Waals surface area contributed by atoms with E-state index in [1.54, 1.807) is 11.3 Å². The molecule has 0 radical (unpaired) electrons. The molecular weight excluding hydrogens is 284 g/mol. The van der Waals surface area contributed by atoms with Crippen molar-refractivity contribution in [1.29, 1.82) is 0 Å². The van der Waals surface area contributed by atoms with Crippen molar-refractivity contribution >= 4 is 11.3 Å². The number of nitrogens with zero attached hydrogens (tertiary/aromatic N) is 3. The van der Waals surface area contributed by atoms with Gasteiger partial charge in [-0.1, -0.05) is 35.0 Å². The zero-order valence-electron chi connectivity index (χ0n) is 11.7. The summed E-state index contributed by atoms with van der Waals surface area (Å²) in [4.78, 5) is 8.85. The molecule has 0 aliphatic rings. The van der Waals surface area contributed by atoms with Gasteiger partial charge in [0, 0.05) is 18.2 Å². The molecule has 0 saturated heterocycles. The highest BCUT2D eigenvalue weighted by atomic mass is 32.1. The van der Waals surface area contributed by atoms with Gasteiger partial charge in [-0.15, -0.1) is 11.3 Å². The van der Waals surface area contributed by atoms with Gasteiger partial charge in [0.15, 0.2) is 5.82 Å². The summed E-state index contributed by atoms with van der Waals surface area (Å²) >= 11 is 1.56. The first kappa shape index (κ1) is 13.9. The Morgan fingerprint density at radius 1 is 1.19 bits per heavy atom. The lowest BCUT2D eigenvalue weighted by Gasteiger charge is -1.96. The van der Waals surface area contributed by atoms with Crippen LogP contribution >= 0.6 is 11.3 Å². The predicted octanol–water partition coefficient (Wildman–Crippen LogP) is 2.59. The highest BCUT2D eigenvalue weighted by Gasteiger charge is 2.12. The fourth-order valence-electron chi connectivity index (χ4n) is 1.97. The van der Waals surface area contributed by atoms with Crippen LogP contribution in [0.5, 0.6) is 0 Å². The Labute approximate surface area is 126 Å². The van der Waals surface area contributed by atoms with Gasteiger partial charge < -0.3 is 10.3 Å². The molecule has 3 aromatic rings. The maximum Gasteiger partial charge on any atom is 0.277 e. The lowest BCUT2D eigenvalue weighted by molar-refractivity contribution is 0.423. The van der Waals surface area contributed by atoms with Crippen LogP contribution in [0.4, 0.5) is 0 Å². The zero-order valence-corrected chi connectivity index (χ0v) is 12.6. The molecule has 0 aliphatic heterocycles. The molecule has 2 N–H and O–H groups in total. The molecule has 0 unspecified atom stereocenters. The Bertz CT molecular complexity index is 717. The Morgan fingerprint density at radius 2 is 2.00 bits per heavy atom. The molecule has 2 heterocycles. The van der Waals surface area contributed by atoms with Gasteiger partial charge in [0.2, 0.25) is 0 Å². The Morgan fingerprint density at radius 3 is 2.76 bits per heavy atom. The van der Waals surface area contributed by atoms with E-state index in [0.717, 1.165) is 22.7 Å². The lowest BCUT2D eigenvalue weighted by Crippen LogP contribution is -2.01. The minimum absolute atomic E-state index is 0.469. The molecule has 0 bridgehead atoms. The highest BCUT2D eigenvalue weighted by Crippen LogP contribution is 2.21. The number of aromatic nitrogens is 3. The molecule has 3 rings (SSSR count). The smallest absolute Gasteiger partial charge is 0.277 e. The number of hydrogen-bond donors (Lipinski definition) is 1. The number of thiazole rings is 1. The zero-order chi connectivity index (χ0) is 14.7. The van der Waals surface area contributed by atoms with Crippen LogP contribution in [0.15, 0.2) is 34.2 Å². The molecule has 108 valence electrons. The maximum atomic E-state index is 5.52. The maximum absolute atomic E-state index is 5.52. The summed E-state index contributed by atoms with van der Waals surface area (Å²) in [6.07, 6.45) is 1.43. The van der Waals surface area contributed by atoms with Gasteiger partial charge >= 0.3 is 0 Å². The quantitative estimate of drug-likeness (QED) is 0.783. The molecule has 1 aromatic carbocycles. The van der Waals surface area contributed by atoms with Crippen molar-refractivity contribution in [2.75, 3.05) is 6.54 Å². The molecule has 6 heteroatoms. The SMILES string of the molecule is Cc1ccc(Cc2noc(-c3csc(CCN)n3)n2)cc1. The van der Waals surface area contributed by atoms with E-state index in [2.05, 4.69) is 46.3 Å². The summed E-state index contributed by atoms with van der Waals surface area (Å²) in [5.74, 6) is 1.14. The van der Waals surface area contributed by atoms with Gasteiger partial charge in [0.1, 0.15) is 5.69 Å². The van der Waals surface area contributed by atoms with Gasteiger partial charge in [-0.2, -0.15) is 4.98 Å². The van der Waals surface area contributed by atoms with Crippen molar-refractivity contribution in [2.24, 2.45) is 5.73 Å². The second-order valence-corrected chi connectivity index (χ2v) is 5.79. The van der Waals surface area contributed by atoms with Crippen LogP contribution in [0.3, 0.4) is 0 Å². The summed E-state index contributed by atoms with van der Waals surface area (Å²) in [7, 11) is 0. The van der Waals surface area contributed by atoms with E-state index in [0.29, 0.717) is 24.7 Å². The van der Waals surface area contributed by atoms with Gasteiger partial charge in [-0.05, 0) is 19.0 Å². The topological polar surface area (TPSA) is 77.8 Å². The molecular formula is C15H16N4OS. The number of rotatable bonds is 5. The molecule has 0 saturated carbocycles. The van der Waals surface area contributed by atoms with E-state index in [1.165, 1.54) is 5.56 Å². The first-order valence-electron chi connectivity index (χ1n) is 6.77. The fourth-order valence-corrected chi connectivity index (χ4v) is 2.75. The number of nitrogens with two attached hydrogens (primary N) is 1. The van der Waals surface area contributed by atoms with Crippen LogP contribution in [0.25, 0.3) is 11.6 Å². The van der Waals surface area contributed by atoms with Crippen LogP contribution in [0.2, 0.25) is 0 Å². The minimum Gasteiger partial charge on any atom is -0.332 e. The number of aryl methyl sites for hydroxylation is 1. The normalized spacial score (nSPS) is 11.0. The summed E-state index contributed by atoms with van der Waals surface area (Å²) in [6, 6.07) is 8.31. The van der Waals surface area contributed by atoms with Crippen LogP contribution in [-0.2, 0) is 12.8 Å². The van der Waals surface area contributed by atoms with E-state index in [9.17, 15) is 0 Å². The first-order chi connectivity index (χ1) is 10.2. The number of benzene rings is 1. The number of hydrogen-bond acceptors (Lipinski definition) is 6. The van der Waals surface area contributed by atoms with Crippen molar-refractivity contribution in [1.82, 2.24) is 15.1 Å². The van der Waals surface area contributed by atoms with E-state index < -0.39 is 0 Å². The average Bonchev–Trinajstić information content (AvgIpc) is 3.11. The summed E-state index contributed by atoms with van der Waals surface area (Å²) < 4.78 is 5.29. The molecule has 0 fully saturated rings. The van der Waals surface area contributed by atoms with E-state index in [4.69, 9.17) is 10.3 Å².